The van der Waals surface area contributed by atoms with Gasteiger partial charge < -0.3 is 14.9 Å². The summed E-state index contributed by atoms with van der Waals surface area (Å²) in [5.74, 6) is -0.198. The Morgan fingerprint density at radius 1 is 1.47 bits per heavy atom. The van der Waals surface area contributed by atoms with E-state index in [1.54, 1.807) is 6.07 Å². The fourth-order valence-corrected chi connectivity index (χ4v) is 2.27. The van der Waals surface area contributed by atoms with Crippen LogP contribution < -0.4 is 4.74 Å². The average Bonchev–Trinajstić information content (AvgIpc) is 2.68. The Bertz CT molecular complexity index is 371. The molecule has 0 aromatic carbocycles. The molecular formula is C12H18O4S. The zero-order valence-electron chi connectivity index (χ0n) is 10.1. The Hall–Kier alpha value is -1.07. The average molecular weight is 258 g/mol. The van der Waals surface area contributed by atoms with Crippen molar-refractivity contribution in [3.8, 4) is 5.75 Å². The van der Waals surface area contributed by atoms with Crippen molar-refractivity contribution >= 4 is 17.3 Å². The highest BCUT2D eigenvalue weighted by molar-refractivity contribution is 7.14. The molecule has 1 heterocycles. The molecule has 0 bridgehead atoms. The van der Waals surface area contributed by atoms with Crippen LogP contribution in [0.5, 0.6) is 5.75 Å². The van der Waals surface area contributed by atoms with Gasteiger partial charge in [0.1, 0.15) is 5.75 Å². The topological polar surface area (TPSA) is 66.8 Å². The highest BCUT2D eigenvalue weighted by Gasteiger charge is 2.17. The van der Waals surface area contributed by atoms with Gasteiger partial charge in [-0.3, -0.25) is 0 Å². The molecule has 0 amide bonds. The van der Waals surface area contributed by atoms with E-state index in [-0.39, 0.29) is 11.5 Å². The van der Waals surface area contributed by atoms with Gasteiger partial charge in [-0.25, -0.2) is 4.79 Å². The third kappa shape index (κ3) is 4.02. The zero-order chi connectivity index (χ0) is 12.8. The van der Waals surface area contributed by atoms with E-state index in [4.69, 9.17) is 14.9 Å². The number of ether oxygens (including phenoxy) is 1. The van der Waals surface area contributed by atoms with Crippen molar-refractivity contribution in [3.63, 3.8) is 0 Å². The van der Waals surface area contributed by atoms with Crippen LogP contribution in [0.25, 0.3) is 0 Å². The van der Waals surface area contributed by atoms with E-state index >= 15 is 0 Å². The van der Waals surface area contributed by atoms with Crippen molar-refractivity contribution in [3.05, 3.63) is 15.8 Å². The molecule has 1 aromatic heterocycles. The second kappa shape index (κ2) is 6.61. The van der Waals surface area contributed by atoms with E-state index in [0.29, 0.717) is 24.7 Å². The highest BCUT2D eigenvalue weighted by atomic mass is 32.1. The fourth-order valence-electron chi connectivity index (χ4n) is 1.33. The van der Waals surface area contributed by atoms with Crippen LogP contribution in [0, 0.1) is 0 Å². The Labute approximate surface area is 105 Å². The lowest BCUT2D eigenvalue weighted by molar-refractivity contribution is 0.0698. The van der Waals surface area contributed by atoms with E-state index in [1.807, 2.05) is 13.8 Å². The minimum Gasteiger partial charge on any atom is -0.492 e. The third-order valence-electron chi connectivity index (χ3n) is 2.29. The van der Waals surface area contributed by atoms with Crippen molar-refractivity contribution in [2.45, 2.75) is 32.6 Å². The maximum Gasteiger partial charge on any atom is 0.349 e. The predicted molar refractivity (Wildman–Crippen MR) is 67.2 cm³/mol. The molecule has 0 spiro atoms. The second-order valence-electron chi connectivity index (χ2n) is 4.08. The molecule has 0 saturated heterocycles. The molecule has 0 aliphatic carbocycles. The molecule has 1 rings (SSSR count). The summed E-state index contributed by atoms with van der Waals surface area (Å²) in [7, 11) is 0. The number of carboxylic acid groups (broad SMARTS) is 1. The maximum atomic E-state index is 11.0. The van der Waals surface area contributed by atoms with Gasteiger partial charge in [-0.15, -0.1) is 11.3 Å². The first-order chi connectivity index (χ1) is 8.06. The van der Waals surface area contributed by atoms with Gasteiger partial charge in [0, 0.05) is 11.5 Å². The number of rotatable bonds is 7. The molecule has 0 aliphatic rings. The number of carboxylic acids is 1. The molecule has 1 aromatic rings. The van der Waals surface area contributed by atoms with Gasteiger partial charge in [-0.2, -0.15) is 0 Å². The number of aliphatic hydroxyl groups is 1. The zero-order valence-corrected chi connectivity index (χ0v) is 10.9. The minimum atomic E-state index is -0.945. The maximum absolute atomic E-state index is 11.0. The van der Waals surface area contributed by atoms with Crippen molar-refractivity contribution < 1.29 is 19.7 Å². The molecular weight excluding hydrogens is 240 g/mol. The lowest BCUT2D eigenvalue weighted by Crippen LogP contribution is -2.02. The summed E-state index contributed by atoms with van der Waals surface area (Å²) in [6.45, 7) is 4.62. The summed E-state index contributed by atoms with van der Waals surface area (Å²) in [6.07, 6.45) is 1.39. The number of aromatic carboxylic acids is 1. The third-order valence-corrected chi connectivity index (χ3v) is 3.70. The standard InChI is InChI=1S/C12H18O4S/c1-8(2)10-7-9(11(17-10)12(14)15)16-6-4-3-5-13/h7-8,13H,3-6H2,1-2H3,(H,14,15). The Morgan fingerprint density at radius 2 is 2.18 bits per heavy atom. The quantitative estimate of drug-likeness (QED) is 0.738. The summed E-state index contributed by atoms with van der Waals surface area (Å²) in [5, 5.41) is 17.7. The SMILES string of the molecule is CC(C)c1cc(OCCCCO)c(C(=O)O)s1. The molecule has 96 valence electrons. The summed E-state index contributed by atoms with van der Waals surface area (Å²) >= 11 is 1.27. The van der Waals surface area contributed by atoms with Crippen molar-refractivity contribution in [2.24, 2.45) is 0 Å². The second-order valence-corrected chi connectivity index (χ2v) is 5.16. The molecule has 0 atom stereocenters. The number of hydrogen-bond donors (Lipinski definition) is 2. The van der Waals surface area contributed by atoms with E-state index < -0.39 is 5.97 Å². The molecule has 0 unspecified atom stereocenters. The van der Waals surface area contributed by atoms with Crippen LogP contribution >= 0.6 is 11.3 Å². The van der Waals surface area contributed by atoms with Gasteiger partial charge >= 0.3 is 5.97 Å². The van der Waals surface area contributed by atoms with Crippen LogP contribution in [0.2, 0.25) is 0 Å². The number of hydrogen-bond acceptors (Lipinski definition) is 4. The van der Waals surface area contributed by atoms with Crippen LogP contribution in [0.15, 0.2) is 6.07 Å². The van der Waals surface area contributed by atoms with E-state index in [9.17, 15) is 4.79 Å². The Morgan fingerprint density at radius 3 is 2.71 bits per heavy atom. The first-order valence-corrected chi connectivity index (χ1v) is 6.48. The van der Waals surface area contributed by atoms with Gasteiger partial charge in [0.25, 0.3) is 0 Å². The predicted octanol–water partition coefficient (Wildman–Crippen LogP) is 2.72. The molecule has 0 radical (unpaired) electrons. The largest absolute Gasteiger partial charge is 0.492 e. The number of aliphatic hydroxyl groups excluding tert-OH is 1. The normalized spacial score (nSPS) is 10.8. The van der Waals surface area contributed by atoms with Crippen LogP contribution in [-0.2, 0) is 0 Å². The van der Waals surface area contributed by atoms with Crippen LogP contribution in [-0.4, -0.2) is 29.4 Å². The van der Waals surface area contributed by atoms with E-state index in [2.05, 4.69) is 0 Å². The fraction of sp³-hybridized carbons (Fsp3) is 0.583. The lowest BCUT2D eigenvalue weighted by atomic mass is 10.2. The number of thiophene rings is 1. The van der Waals surface area contributed by atoms with E-state index in [0.717, 1.165) is 11.3 Å². The van der Waals surface area contributed by atoms with Crippen molar-refractivity contribution in [1.29, 1.82) is 0 Å². The van der Waals surface area contributed by atoms with Gasteiger partial charge in [0.05, 0.1) is 6.61 Å². The van der Waals surface area contributed by atoms with Gasteiger partial charge in [0.15, 0.2) is 4.88 Å². The summed E-state index contributed by atoms with van der Waals surface area (Å²) < 4.78 is 5.45. The highest BCUT2D eigenvalue weighted by Crippen LogP contribution is 2.33. The Balaban J connectivity index is 2.71. The van der Waals surface area contributed by atoms with Crippen LogP contribution in [0.1, 0.15) is 47.2 Å². The van der Waals surface area contributed by atoms with Crippen molar-refractivity contribution in [2.75, 3.05) is 13.2 Å². The lowest BCUT2D eigenvalue weighted by Gasteiger charge is -2.04. The van der Waals surface area contributed by atoms with Crippen molar-refractivity contribution in [1.82, 2.24) is 0 Å². The van der Waals surface area contributed by atoms with Gasteiger partial charge in [-0.05, 0) is 24.8 Å². The molecule has 0 fully saturated rings. The molecule has 5 heteroatoms. The minimum absolute atomic E-state index is 0.135. The monoisotopic (exact) mass is 258 g/mol. The molecule has 17 heavy (non-hydrogen) atoms. The summed E-state index contributed by atoms with van der Waals surface area (Å²) in [6, 6.07) is 1.80. The number of unbranched alkanes of at least 4 members (excludes halogenated alkanes) is 1. The summed E-state index contributed by atoms with van der Waals surface area (Å²) in [4.78, 5) is 12.3. The van der Waals surface area contributed by atoms with Crippen LogP contribution in [0.4, 0.5) is 0 Å². The van der Waals surface area contributed by atoms with Gasteiger partial charge in [-0.1, -0.05) is 13.8 Å². The first kappa shape index (κ1) is 14.0. The van der Waals surface area contributed by atoms with E-state index in [1.165, 1.54) is 11.3 Å². The van der Waals surface area contributed by atoms with Gasteiger partial charge in [0.2, 0.25) is 0 Å². The molecule has 2 N–H and O–H groups in total. The van der Waals surface area contributed by atoms with Crippen LogP contribution in [0.3, 0.4) is 0 Å². The smallest absolute Gasteiger partial charge is 0.349 e. The molecule has 4 nitrogen and oxygen atoms in total. The Kier molecular flexibility index (Phi) is 5.44. The molecule has 0 saturated carbocycles. The number of carbonyl (C=O) groups is 1. The molecule has 0 aliphatic heterocycles. The summed E-state index contributed by atoms with van der Waals surface area (Å²) in [5.41, 5.74) is 0. The first-order valence-electron chi connectivity index (χ1n) is 5.67.